The van der Waals surface area contributed by atoms with E-state index in [0.29, 0.717) is 18.0 Å². The molecule has 0 radical (unpaired) electrons. The zero-order valence-corrected chi connectivity index (χ0v) is 11.9. The van der Waals surface area contributed by atoms with Crippen LogP contribution in [-0.2, 0) is 0 Å². The van der Waals surface area contributed by atoms with Crippen molar-refractivity contribution < 1.29 is 4.79 Å². The topological polar surface area (TPSA) is 30.0 Å². The van der Waals surface area contributed by atoms with Crippen molar-refractivity contribution in [2.45, 2.75) is 40.0 Å². The van der Waals surface area contributed by atoms with E-state index in [4.69, 9.17) is 0 Å². The second kappa shape index (κ2) is 5.96. The van der Waals surface area contributed by atoms with E-state index < -0.39 is 0 Å². The molecule has 0 spiro atoms. The Labute approximate surface area is 114 Å². The molecule has 0 aliphatic heterocycles. The van der Waals surface area contributed by atoms with Crippen LogP contribution in [0.3, 0.4) is 0 Å². The summed E-state index contributed by atoms with van der Waals surface area (Å²) in [5, 5.41) is 1.13. The number of hydrogen-bond donors (Lipinski definition) is 0. The fourth-order valence-electron chi connectivity index (χ4n) is 2.29. The number of carbonyl (C=O) groups is 1. The summed E-state index contributed by atoms with van der Waals surface area (Å²) in [6.45, 7) is 6.40. The molecule has 1 heterocycles. The van der Waals surface area contributed by atoms with Gasteiger partial charge in [-0.2, -0.15) is 0 Å². The summed E-state index contributed by atoms with van der Waals surface area (Å²) < 4.78 is 0. The van der Waals surface area contributed by atoms with Crippen molar-refractivity contribution in [1.82, 2.24) is 4.98 Å². The van der Waals surface area contributed by atoms with Crippen molar-refractivity contribution in [3.05, 3.63) is 41.6 Å². The fraction of sp³-hybridized carbons (Fsp3) is 0.412. The van der Waals surface area contributed by atoms with E-state index in [9.17, 15) is 4.79 Å². The van der Waals surface area contributed by atoms with Gasteiger partial charge in [0.25, 0.3) is 0 Å². The zero-order valence-electron chi connectivity index (χ0n) is 11.9. The van der Waals surface area contributed by atoms with Gasteiger partial charge in [0.15, 0.2) is 5.78 Å². The summed E-state index contributed by atoms with van der Waals surface area (Å²) in [4.78, 5) is 16.6. The maximum absolute atomic E-state index is 12.2. The van der Waals surface area contributed by atoms with Gasteiger partial charge in [-0.15, -0.1) is 0 Å². The van der Waals surface area contributed by atoms with Crippen LogP contribution >= 0.6 is 0 Å². The Kier molecular flexibility index (Phi) is 4.31. The standard InChI is InChI=1S/C17H21NO/c1-12(2)7-6-10-17(19)16-11-13(3)14-8-4-5-9-15(14)18-16/h4-5,8-9,11-12H,6-7,10H2,1-3H3. The van der Waals surface area contributed by atoms with Crippen LogP contribution in [0.15, 0.2) is 30.3 Å². The van der Waals surface area contributed by atoms with Crippen molar-refractivity contribution >= 4 is 16.7 Å². The lowest BCUT2D eigenvalue weighted by Crippen LogP contribution is -2.04. The summed E-state index contributed by atoms with van der Waals surface area (Å²) in [6, 6.07) is 9.89. The van der Waals surface area contributed by atoms with Crippen LogP contribution in [0.1, 0.15) is 49.2 Å². The monoisotopic (exact) mass is 255 g/mol. The first kappa shape index (κ1) is 13.7. The highest BCUT2D eigenvalue weighted by Gasteiger charge is 2.10. The van der Waals surface area contributed by atoms with Crippen LogP contribution in [-0.4, -0.2) is 10.8 Å². The molecular weight excluding hydrogens is 234 g/mol. The molecule has 0 fully saturated rings. The smallest absolute Gasteiger partial charge is 0.181 e. The summed E-state index contributed by atoms with van der Waals surface area (Å²) >= 11 is 0. The van der Waals surface area contributed by atoms with Gasteiger partial charge >= 0.3 is 0 Å². The molecule has 0 saturated carbocycles. The summed E-state index contributed by atoms with van der Waals surface area (Å²) in [5.41, 5.74) is 2.65. The molecule has 0 bridgehead atoms. The number of ketones is 1. The average molecular weight is 255 g/mol. The van der Waals surface area contributed by atoms with Gasteiger partial charge in [-0.1, -0.05) is 38.5 Å². The Morgan fingerprint density at radius 3 is 2.74 bits per heavy atom. The molecule has 19 heavy (non-hydrogen) atoms. The second-order valence-corrected chi connectivity index (χ2v) is 5.55. The minimum absolute atomic E-state index is 0.162. The number of hydrogen-bond acceptors (Lipinski definition) is 2. The molecule has 1 aromatic heterocycles. The minimum atomic E-state index is 0.162. The lowest BCUT2D eigenvalue weighted by Gasteiger charge is -2.06. The third-order valence-corrected chi connectivity index (χ3v) is 3.39. The molecule has 2 nitrogen and oxygen atoms in total. The molecule has 2 aromatic rings. The maximum Gasteiger partial charge on any atom is 0.181 e. The van der Waals surface area contributed by atoms with E-state index >= 15 is 0 Å². The predicted octanol–water partition coefficient (Wildman–Crippen LogP) is 4.55. The third kappa shape index (κ3) is 3.40. The van der Waals surface area contributed by atoms with Gasteiger partial charge in [0.1, 0.15) is 5.69 Å². The molecule has 100 valence electrons. The molecule has 0 N–H and O–H groups in total. The number of rotatable bonds is 5. The summed E-state index contributed by atoms with van der Waals surface area (Å²) in [6.07, 6.45) is 2.64. The number of nitrogens with zero attached hydrogens (tertiary/aromatic N) is 1. The van der Waals surface area contributed by atoms with Gasteiger partial charge in [0, 0.05) is 11.8 Å². The van der Waals surface area contributed by atoms with Crippen LogP contribution in [0.5, 0.6) is 0 Å². The largest absolute Gasteiger partial charge is 0.292 e. The van der Waals surface area contributed by atoms with E-state index in [1.807, 2.05) is 37.3 Å². The van der Waals surface area contributed by atoms with E-state index in [-0.39, 0.29) is 5.78 Å². The number of aryl methyl sites for hydroxylation is 1. The molecular formula is C17H21NO. The number of pyridine rings is 1. The lowest BCUT2D eigenvalue weighted by molar-refractivity contribution is 0.0973. The van der Waals surface area contributed by atoms with Gasteiger partial charge in [-0.3, -0.25) is 4.79 Å². The molecule has 0 atom stereocenters. The first-order valence-electron chi connectivity index (χ1n) is 6.97. The highest BCUT2D eigenvalue weighted by Crippen LogP contribution is 2.19. The summed E-state index contributed by atoms with van der Waals surface area (Å²) in [5.74, 6) is 0.814. The molecule has 0 aliphatic rings. The van der Waals surface area contributed by atoms with E-state index in [2.05, 4.69) is 18.8 Å². The molecule has 2 rings (SSSR count). The number of para-hydroxylation sites is 1. The lowest BCUT2D eigenvalue weighted by atomic mass is 10.0. The van der Waals surface area contributed by atoms with Gasteiger partial charge in [-0.05, 0) is 37.0 Å². The molecule has 2 heteroatoms. The number of aromatic nitrogens is 1. The number of benzene rings is 1. The van der Waals surface area contributed by atoms with E-state index in [1.54, 1.807) is 0 Å². The molecule has 0 saturated heterocycles. The average Bonchev–Trinajstić information content (AvgIpc) is 2.38. The first-order chi connectivity index (χ1) is 9.08. The molecule has 0 amide bonds. The molecule has 0 aliphatic carbocycles. The van der Waals surface area contributed by atoms with Gasteiger partial charge < -0.3 is 0 Å². The van der Waals surface area contributed by atoms with Crippen LogP contribution < -0.4 is 0 Å². The number of carbonyl (C=O) groups excluding carboxylic acids is 1. The Bertz CT molecular complexity index is 587. The highest BCUT2D eigenvalue weighted by molar-refractivity contribution is 5.97. The third-order valence-electron chi connectivity index (χ3n) is 3.39. The van der Waals surface area contributed by atoms with E-state index in [0.717, 1.165) is 29.3 Å². The Balaban J connectivity index is 2.18. The van der Waals surface area contributed by atoms with Crippen molar-refractivity contribution in [3.63, 3.8) is 0 Å². The van der Waals surface area contributed by atoms with E-state index in [1.165, 1.54) is 0 Å². The Hall–Kier alpha value is -1.70. The second-order valence-electron chi connectivity index (χ2n) is 5.55. The van der Waals surface area contributed by atoms with Crippen LogP contribution in [0.4, 0.5) is 0 Å². The highest BCUT2D eigenvalue weighted by atomic mass is 16.1. The normalized spacial score (nSPS) is 11.2. The van der Waals surface area contributed by atoms with Crippen LogP contribution in [0, 0.1) is 12.8 Å². The fourth-order valence-corrected chi connectivity index (χ4v) is 2.29. The van der Waals surface area contributed by atoms with Gasteiger partial charge in [0.2, 0.25) is 0 Å². The van der Waals surface area contributed by atoms with Gasteiger partial charge in [0.05, 0.1) is 5.52 Å². The SMILES string of the molecule is Cc1cc(C(=O)CCCC(C)C)nc2ccccc12. The number of fused-ring (bicyclic) bond motifs is 1. The zero-order chi connectivity index (χ0) is 13.8. The van der Waals surface area contributed by atoms with Crippen molar-refractivity contribution in [2.24, 2.45) is 5.92 Å². The van der Waals surface area contributed by atoms with Crippen molar-refractivity contribution in [2.75, 3.05) is 0 Å². The predicted molar refractivity (Wildman–Crippen MR) is 79.5 cm³/mol. The van der Waals surface area contributed by atoms with Crippen molar-refractivity contribution in [1.29, 1.82) is 0 Å². The number of Topliss-reactive ketones (excluding diaryl/α,β-unsaturated/α-hetero) is 1. The Morgan fingerprint density at radius 2 is 2.00 bits per heavy atom. The minimum Gasteiger partial charge on any atom is -0.292 e. The summed E-state index contributed by atoms with van der Waals surface area (Å²) in [7, 11) is 0. The van der Waals surface area contributed by atoms with Crippen molar-refractivity contribution in [3.8, 4) is 0 Å². The maximum atomic E-state index is 12.2. The quantitative estimate of drug-likeness (QED) is 0.733. The first-order valence-corrected chi connectivity index (χ1v) is 6.97. The van der Waals surface area contributed by atoms with Gasteiger partial charge in [-0.25, -0.2) is 4.98 Å². The van der Waals surface area contributed by atoms with Crippen LogP contribution in [0.25, 0.3) is 10.9 Å². The molecule has 0 unspecified atom stereocenters. The Morgan fingerprint density at radius 1 is 1.26 bits per heavy atom. The molecule has 1 aromatic carbocycles. The van der Waals surface area contributed by atoms with Crippen LogP contribution in [0.2, 0.25) is 0 Å².